The largest absolute Gasteiger partial charge is 0.505 e. The van der Waals surface area contributed by atoms with Crippen LogP contribution in [0.25, 0.3) is 0 Å². The van der Waals surface area contributed by atoms with Gasteiger partial charge in [0.15, 0.2) is 5.75 Å². The van der Waals surface area contributed by atoms with Gasteiger partial charge >= 0.3 is 5.97 Å². The smallest absolute Gasteiger partial charge is 0.322 e. The summed E-state index contributed by atoms with van der Waals surface area (Å²) in [5, 5.41) is 18.2. The molecule has 0 aliphatic carbocycles. The van der Waals surface area contributed by atoms with Crippen LogP contribution in [-0.2, 0) is 14.8 Å². The van der Waals surface area contributed by atoms with Gasteiger partial charge in [-0.15, -0.1) is 11.8 Å². The number of carbonyl (C=O) groups is 1. The molecule has 110 valence electrons. The number of aromatic hydroxyl groups is 1. The Morgan fingerprint density at radius 3 is 2.75 bits per heavy atom. The number of benzene rings is 1. The van der Waals surface area contributed by atoms with E-state index >= 15 is 0 Å². The average molecular weight is 342 g/mol. The summed E-state index contributed by atoms with van der Waals surface area (Å²) in [5.41, 5.74) is 0. The molecule has 1 aliphatic heterocycles. The van der Waals surface area contributed by atoms with Crippen LogP contribution >= 0.6 is 23.4 Å². The van der Waals surface area contributed by atoms with Crippen molar-refractivity contribution in [2.24, 2.45) is 0 Å². The summed E-state index contributed by atoms with van der Waals surface area (Å²) in [5.74, 6) is -3.05. The van der Waals surface area contributed by atoms with Crippen molar-refractivity contribution in [1.29, 1.82) is 0 Å². The fourth-order valence-corrected chi connectivity index (χ4v) is 5.24. The van der Waals surface area contributed by atoms with Crippen LogP contribution in [0.2, 0.25) is 5.02 Å². The summed E-state index contributed by atoms with van der Waals surface area (Å²) < 4.78 is 38.7. The summed E-state index contributed by atoms with van der Waals surface area (Å²) in [4.78, 5) is 10.3. The number of thioether (sulfide) groups is 1. The van der Waals surface area contributed by atoms with Gasteiger partial charge < -0.3 is 10.2 Å². The van der Waals surface area contributed by atoms with Gasteiger partial charge in [0.05, 0.1) is 10.9 Å². The lowest BCUT2D eigenvalue weighted by atomic mass is 10.3. The zero-order chi connectivity index (χ0) is 15.1. The number of phenols is 1. The fraction of sp³-hybridized carbons (Fsp3) is 0.300. The molecule has 0 unspecified atom stereocenters. The van der Waals surface area contributed by atoms with E-state index in [0.29, 0.717) is 10.4 Å². The van der Waals surface area contributed by atoms with Gasteiger partial charge in [0.1, 0.15) is 16.8 Å². The van der Waals surface area contributed by atoms with Crippen LogP contribution in [0.3, 0.4) is 0 Å². The highest BCUT2D eigenvalue weighted by Crippen LogP contribution is 2.36. The molecule has 2 rings (SSSR count). The Kier molecular flexibility index (Phi) is 4.14. The highest BCUT2D eigenvalue weighted by atomic mass is 35.5. The SMILES string of the molecule is O=C(O)[C@H]1CSCN1S(=O)(=O)c1cc(F)cc(Cl)c1O. The third-order valence-electron chi connectivity index (χ3n) is 2.71. The second-order valence-corrected chi connectivity index (χ2v) is 7.25. The van der Waals surface area contributed by atoms with Gasteiger partial charge in [0.25, 0.3) is 0 Å². The molecule has 1 heterocycles. The molecular weight excluding hydrogens is 333 g/mol. The van der Waals surface area contributed by atoms with Crippen LogP contribution in [0.4, 0.5) is 4.39 Å². The maximum absolute atomic E-state index is 13.3. The van der Waals surface area contributed by atoms with Gasteiger partial charge in [-0.3, -0.25) is 4.79 Å². The van der Waals surface area contributed by atoms with Crippen molar-refractivity contribution in [1.82, 2.24) is 4.31 Å². The Labute approximate surface area is 123 Å². The van der Waals surface area contributed by atoms with Crippen LogP contribution in [0.5, 0.6) is 5.75 Å². The predicted molar refractivity (Wildman–Crippen MR) is 70.8 cm³/mol. The van der Waals surface area contributed by atoms with Crippen LogP contribution < -0.4 is 0 Å². The standard InChI is InChI=1S/C10H9ClFNO5S2/c11-6-1-5(12)2-8(9(6)14)20(17,18)13-4-19-3-7(13)10(15)16/h1-2,7,14H,3-4H2,(H,15,16)/t7-/m1/s1. The minimum Gasteiger partial charge on any atom is -0.505 e. The quantitative estimate of drug-likeness (QED) is 0.861. The van der Waals surface area contributed by atoms with Crippen molar-refractivity contribution in [2.45, 2.75) is 10.9 Å². The maximum atomic E-state index is 13.3. The van der Waals surface area contributed by atoms with E-state index in [1.807, 2.05) is 0 Å². The second-order valence-electron chi connectivity index (χ2n) is 3.98. The van der Waals surface area contributed by atoms with Crippen molar-refractivity contribution in [3.8, 4) is 5.75 Å². The molecule has 0 aromatic heterocycles. The second kappa shape index (κ2) is 5.40. The van der Waals surface area contributed by atoms with Gasteiger partial charge in [-0.05, 0) is 12.1 Å². The summed E-state index contributed by atoms with van der Waals surface area (Å²) in [6.07, 6.45) is 0. The number of sulfonamides is 1. The Bertz CT molecular complexity index is 666. The molecule has 0 radical (unpaired) electrons. The lowest BCUT2D eigenvalue weighted by Gasteiger charge is -2.20. The van der Waals surface area contributed by atoms with Crippen LogP contribution in [0, 0.1) is 5.82 Å². The Morgan fingerprint density at radius 1 is 1.50 bits per heavy atom. The minimum absolute atomic E-state index is 0.0817. The molecule has 10 heteroatoms. The first-order valence-electron chi connectivity index (χ1n) is 5.25. The summed E-state index contributed by atoms with van der Waals surface area (Å²) in [6, 6.07) is 0.119. The molecule has 1 aliphatic rings. The summed E-state index contributed by atoms with van der Waals surface area (Å²) >= 11 is 6.65. The maximum Gasteiger partial charge on any atom is 0.322 e. The van der Waals surface area contributed by atoms with E-state index < -0.39 is 43.5 Å². The zero-order valence-electron chi connectivity index (χ0n) is 9.79. The number of nitrogens with zero attached hydrogens (tertiary/aromatic N) is 1. The number of rotatable bonds is 3. The van der Waals surface area contributed by atoms with Crippen molar-refractivity contribution in [3.63, 3.8) is 0 Å². The van der Waals surface area contributed by atoms with E-state index in [2.05, 4.69) is 0 Å². The molecule has 1 fully saturated rings. The lowest BCUT2D eigenvalue weighted by Crippen LogP contribution is -2.41. The molecule has 0 saturated carbocycles. The van der Waals surface area contributed by atoms with E-state index in [4.69, 9.17) is 16.7 Å². The van der Waals surface area contributed by atoms with Crippen molar-refractivity contribution in [2.75, 3.05) is 11.6 Å². The van der Waals surface area contributed by atoms with Crippen LogP contribution in [-0.4, -0.2) is 46.6 Å². The Balaban J connectivity index is 2.53. The number of carboxylic acids is 1. The van der Waals surface area contributed by atoms with E-state index in [-0.39, 0.29) is 11.6 Å². The first-order chi connectivity index (χ1) is 9.25. The van der Waals surface area contributed by atoms with Gasteiger partial charge in [0, 0.05) is 5.75 Å². The molecule has 0 amide bonds. The molecule has 1 aromatic carbocycles. The zero-order valence-corrected chi connectivity index (χ0v) is 12.2. The first-order valence-corrected chi connectivity index (χ1v) is 8.23. The third-order valence-corrected chi connectivity index (χ3v) is 6.04. The summed E-state index contributed by atoms with van der Waals surface area (Å²) in [6.45, 7) is 0. The van der Waals surface area contributed by atoms with Crippen LogP contribution in [0.1, 0.15) is 0 Å². The fourth-order valence-electron chi connectivity index (χ4n) is 1.72. The number of halogens is 2. The first kappa shape index (κ1) is 15.4. The third kappa shape index (κ3) is 2.58. The number of hydrogen-bond acceptors (Lipinski definition) is 5. The van der Waals surface area contributed by atoms with E-state index in [0.717, 1.165) is 17.8 Å². The molecule has 2 N–H and O–H groups in total. The molecule has 1 saturated heterocycles. The highest BCUT2D eigenvalue weighted by Gasteiger charge is 2.41. The van der Waals surface area contributed by atoms with Gasteiger partial charge in [-0.25, -0.2) is 12.8 Å². The van der Waals surface area contributed by atoms with Crippen LogP contribution in [0.15, 0.2) is 17.0 Å². The van der Waals surface area contributed by atoms with E-state index in [1.165, 1.54) is 0 Å². The van der Waals surface area contributed by atoms with Crippen molar-refractivity contribution in [3.05, 3.63) is 23.0 Å². The average Bonchev–Trinajstić information content (AvgIpc) is 2.83. The van der Waals surface area contributed by atoms with Crippen molar-refractivity contribution < 1.29 is 27.8 Å². The molecule has 0 spiro atoms. The van der Waals surface area contributed by atoms with Gasteiger partial charge in [-0.1, -0.05) is 11.6 Å². The number of hydrogen-bond donors (Lipinski definition) is 2. The number of carboxylic acid groups (broad SMARTS) is 1. The molecule has 1 atom stereocenters. The van der Waals surface area contributed by atoms with E-state index in [1.54, 1.807) is 0 Å². The highest BCUT2D eigenvalue weighted by molar-refractivity contribution is 8.00. The molecule has 0 bridgehead atoms. The number of phenolic OH excluding ortho intramolecular Hbond substituents is 1. The lowest BCUT2D eigenvalue weighted by molar-refractivity contribution is -0.140. The normalized spacial score (nSPS) is 20.2. The predicted octanol–water partition coefficient (Wildman–Crippen LogP) is 1.33. The van der Waals surface area contributed by atoms with Gasteiger partial charge in [-0.2, -0.15) is 4.31 Å². The molecular formula is C10H9ClFNO5S2. The summed E-state index contributed by atoms with van der Waals surface area (Å²) in [7, 11) is -4.35. The number of aliphatic carboxylic acids is 1. The van der Waals surface area contributed by atoms with E-state index in [9.17, 15) is 22.7 Å². The monoisotopic (exact) mass is 341 g/mol. The van der Waals surface area contributed by atoms with Gasteiger partial charge in [0.2, 0.25) is 10.0 Å². The molecule has 6 nitrogen and oxygen atoms in total. The molecule has 1 aromatic rings. The van der Waals surface area contributed by atoms with Crippen molar-refractivity contribution >= 4 is 39.4 Å². The topological polar surface area (TPSA) is 94.9 Å². The molecule has 20 heavy (non-hydrogen) atoms. The minimum atomic E-state index is -4.35. The Morgan fingerprint density at radius 2 is 2.15 bits per heavy atom. The Hall–Kier alpha value is -1.03.